The Hall–Kier alpha value is -0.820. The van der Waals surface area contributed by atoms with Gasteiger partial charge in [-0.2, -0.15) is 0 Å². The van der Waals surface area contributed by atoms with Gasteiger partial charge in [0.2, 0.25) is 0 Å². The minimum atomic E-state index is 0.223. The lowest BCUT2D eigenvalue weighted by atomic mass is 10.1. The molecular formula is C14H22O. The molecule has 0 aromatic heterocycles. The monoisotopic (exact) mass is 206 g/mol. The second-order valence-corrected chi connectivity index (χ2v) is 4.00. The van der Waals surface area contributed by atoms with Crippen molar-refractivity contribution in [2.75, 3.05) is 6.61 Å². The number of benzene rings is 1. The quantitative estimate of drug-likeness (QED) is 0.680. The molecule has 0 bridgehead atoms. The average molecular weight is 206 g/mol. The first kappa shape index (κ1) is 12.3. The summed E-state index contributed by atoms with van der Waals surface area (Å²) in [4.78, 5) is 0. The van der Waals surface area contributed by atoms with Crippen LogP contribution in [0.1, 0.15) is 50.8 Å². The van der Waals surface area contributed by atoms with Crippen LogP contribution in [-0.2, 0) is 11.2 Å². The van der Waals surface area contributed by atoms with E-state index in [-0.39, 0.29) is 6.10 Å². The lowest BCUT2D eigenvalue weighted by Crippen LogP contribution is -2.00. The third-order valence-corrected chi connectivity index (χ3v) is 2.56. The van der Waals surface area contributed by atoms with Gasteiger partial charge in [0.25, 0.3) is 0 Å². The molecule has 0 aliphatic heterocycles. The van der Waals surface area contributed by atoms with Crippen molar-refractivity contribution in [2.45, 2.75) is 46.1 Å². The van der Waals surface area contributed by atoms with Crippen LogP contribution >= 0.6 is 0 Å². The summed E-state index contributed by atoms with van der Waals surface area (Å²) in [6.45, 7) is 7.31. The van der Waals surface area contributed by atoms with Gasteiger partial charge in [-0.3, -0.25) is 0 Å². The lowest BCUT2D eigenvalue weighted by molar-refractivity contribution is 0.0662. The van der Waals surface area contributed by atoms with Gasteiger partial charge in [0.1, 0.15) is 0 Å². The molecule has 15 heavy (non-hydrogen) atoms. The fourth-order valence-electron chi connectivity index (χ4n) is 1.63. The van der Waals surface area contributed by atoms with Crippen LogP contribution in [0.15, 0.2) is 24.3 Å². The zero-order valence-corrected chi connectivity index (χ0v) is 10.1. The highest BCUT2D eigenvalue weighted by atomic mass is 16.5. The Morgan fingerprint density at radius 3 is 2.27 bits per heavy atom. The maximum absolute atomic E-state index is 5.68. The van der Waals surface area contributed by atoms with Crippen molar-refractivity contribution in [3.8, 4) is 0 Å². The molecule has 1 rings (SSSR count). The van der Waals surface area contributed by atoms with Gasteiger partial charge in [-0.15, -0.1) is 0 Å². The van der Waals surface area contributed by atoms with Crippen molar-refractivity contribution in [3.05, 3.63) is 35.4 Å². The van der Waals surface area contributed by atoms with Crippen molar-refractivity contribution in [3.63, 3.8) is 0 Å². The van der Waals surface area contributed by atoms with E-state index in [4.69, 9.17) is 4.74 Å². The Bertz CT molecular complexity index is 263. The molecule has 0 spiro atoms. The van der Waals surface area contributed by atoms with Crippen LogP contribution in [0, 0.1) is 0 Å². The summed E-state index contributed by atoms with van der Waals surface area (Å²) >= 11 is 0. The second-order valence-electron chi connectivity index (χ2n) is 4.00. The summed E-state index contributed by atoms with van der Waals surface area (Å²) < 4.78 is 5.68. The molecule has 1 atom stereocenters. The first-order valence-corrected chi connectivity index (χ1v) is 5.98. The van der Waals surface area contributed by atoms with E-state index in [1.54, 1.807) is 0 Å². The van der Waals surface area contributed by atoms with Crippen molar-refractivity contribution in [1.29, 1.82) is 0 Å². The average Bonchev–Trinajstić information content (AvgIpc) is 2.27. The third kappa shape index (κ3) is 4.05. The van der Waals surface area contributed by atoms with Gasteiger partial charge in [0.15, 0.2) is 0 Å². The van der Waals surface area contributed by atoms with Crippen molar-refractivity contribution in [1.82, 2.24) is 0 Å². The van der Waals surface area contributed by atoms with Gasteiger partial charge in [0.05, 0.1) is 6.10 Å². The summed E-state index contributed by atoms with van der Waals surface area (Å²) in [5, 5.41) is 0. The van der Waals surface area contributed by atoms with E-state index in [1.807, 2.05) is 0 Å². The van der Waals surface area contributed by atoms with E-state index in [0.717, 1.165) is 13.0 Å². The van der Waals surface area contributed by atoms with Crippen molar-refractivity contribution >= 4 is 0 Å². The lowest BCUT2D eigenvalue weighted by Gasteiger charge is -2.13. The molecule has 0 fully saturated rings. The van der Waals surface area contributed by atoms with Gasteiger partial charge in [-0.05, 0) is 30.9 Å². The van der Waals surface area contributed by atoms with Crippen LogP contribution < -0.4 is 0 Å². The third-order valence-electron chi connectivity index (χ3n) is 2.56. The van der Waals surface area contributed by atoms with Crippen LogP contribution in [0.2, 0.25) is 0 Å². The molecule has 1 heteroatoms. The maximum Gasteiger partial charge on any atom is 0.0796 e. The van der Waals surface area contributed by atoms with Gasteiger partial charge >= 0.3 is 0 Å². The minimum Gasteiger partial charge on any atom is -0.374 e. The molecule has 0 radical (unpaired) electrons. The molecule has 1 nitrogen and oxygen atoms in total. The normalized spacial score (nSPS) is 12.7. The first-order valence-electron chi connectivity index (χ1n) is 5.98. The predicted molar refractivity (Wildman–Crippen MR) is 65.1 cm³/mol. The standard InChI is InChI=1S/C14H22O/c1-4-6-13-7-9-14(10-8-13)12(3)15-11-5-2/h7-10,12H,4-6,11H2,1-3H3/t12-/m0/s1. The van der Waals surface area contributed by atoms with E-state index in [1.165, 1.54) is 24.0 Å². The summed E-state index contributed by atoms with van der Waals surface area (Å²) in [5.41, 5.74) is 2.70. The summed E-state index contributed by atoms with van der Waals surface area (Å²) in [7, 11) is 0. The van der Waals surface area contributed by atoms with Crippen LogP contribution in [0.4, 0.5) is 0 Å². The molecule has 0 aliphatic rings. The molecule has 0 N–H and O–H groups in total. The summed E-state index contributed by atoms with van der Waals surface area (Å²) in [5.74, 6) is 0. The summed E-state index contributed by atoms with van der Waals surface area (Å²) in [6, 6.07) is 8.80. The molecule has 84 valence electrons. The first-order chi connectivity index (χ1) is 7.27. The molecule has 0 saturated carbocycles. The zero-order chi connectivity index (χ0) is 11.1. The van der Waals surface area contributed by atoms with Gasteiger partial charge in [-0.25, -0.2) is 0 Å². The largest absolute Gasteiger partial charge is 0.374 e. The van der Waals surface area contributed by atoms with Crippen LogP contribution in [0.25, 0.3) is 0 Å². The molecule has 1 aromatic carbocycles. The number of hydrogen-bond donors (Lipinski definition) is 0. The number of rotatable bonds is 6. The highest BCUT2D eigenvalue weighted by molar-refractivity contribution is 5.24. The van der Waals surface area contributed by atoms with Crippen LogP contribution in [0.3, 0.4) is 0 Å². The highest BCUT2D eigenvalue weighted by Gasteiger charge is 2.04. The Kier molecular flexibility index (Phi) is 5.41. The van der Waals surface area contributed by atoms with Crippen molar-refractivity contribution in [2.24, 2.45) is 0 Å². The van der Waals surface area contributed by atoms with Crippen LogP contribution in [0.5, 0.6) is 0 Å². The predicted octanol–water partition coefficient (Wildman–Crippen LogP) is 4.13. The van der Waals surface area contributed by atoms with Gasteiger partial charge in [0, 0.05) is 6.61 Å². The second kappa shape index (κ2) is 6.62. The molecule has 0 amide bonds. The smallest absolute Gasteiger partial charge is 0.0796 e. The van der Waals surface area contributed by atoms with Crippen LogP contribution in [-0.4, -0.2) is 6.61 Å². The molecule has 0 aliphatic carbocycles. The van der Waals surface area contributed by atoms with E-state index < -0.39 is 0 Å². The Morgan fingerprint density at radius 2 is 1.73 bits per heavy atom. The number of ether oxygens (including phenoxy) is 1. The molecule has 0 saturated heterocycles. The Labute approximate surface area is 93.5 Å². The Morgan fingerprint density at radius 1 is 1.07 bits per heavy atom. The molecular weight excluding hydrogens is 184 g/mol. The van der Waals surface area contributed by atoms with Gasteiger partial charge in [-0.1, -0.05) is 44.5 Å². The van der Waals surface area contributed by atoms with Gasteiger partial charge < -0.3 is 4.74 Å². The Balaban J connectivity index is 2.54. The number of aryl methyl sites for hydroxylation is 1. The minimum absolute atomic E-state index is 0.223. The fourth-order valence-corrected chi connectivity index (χ4v) is 1.63. The van der Waals surface area contributed by atoms with E-state index in [0.29, 0.717) is 0 Å². The van der Waals surface area contributed by atoms with Crippen molar-refractivity contribution < 1.29 is 4.74 Å². The topological polar surface area (TPSA) is 9.23 Å². The fraction of sp³-hybridized carbons (Fsp3) is 0.571. The number of hydrogen-bond acceptors (Lipinski definition) is 1. The van der Waals surface area contributed by atoms with E-state index in [9.17, 15) is 0 Å². The molecule has 0 heterocycles. The maximum atomic E-state index is 5.68. The SMILES string of the molecule is CCCO[C@@H](C)c1ccc(CCC)cc1. The van der Waals surface area contributed by atoms with E-state index in [2.05, 4.69) is 45.0 Å². The zero-order valence-electron chi connectivity index (χ0n) is 10.1. The summed E-state index contributed by atoms with van der Waals surface area (Å²) in [6.07, 6.45) is 3.69. The molecule has 0 unspecified atom stereocenters. The molecule has 1 aromatic rings. The van der Waals surface area contributed by atoms with E-state index >= 15 is 0 Å². The highest BCUT2D eigenvalue weighted by Crippen LogP contribution is 2.17.